The van der Waals surface area contributed by atoms with E-state index in [9.17, 15) is 14.9 Å². The minimum Gasteiger partial charge on any atom is -0.488 e. The van der Waals surface area contributed by atoms with Crippen molar-refractivity contribution in [2.45, 2.75) is 6.61 Å². The number of nitrogens with zero attached hydrogens (tertiary/aromatic N) is 1. The monoisotopic (exact) mass is 333 g/mol. The predicted molar refractivity (Wildman–Crippen MR) is 94.7 cm³/mol. The zero-order valence-electron chi connectivity index (χ0n) is 13.3. The molecule has 0 saturated carbocycles. The lowest BCUT2D eigenvalue weighted by molar-refractivity contribution is -0.385. The van der Waals surface area contributed by atoms with Crippen LogP contribution in [-0.4, -0.2) is 11.2 Å². The number of benzene rings is 3. The number of nitro groups is 1. The Kier molecular flexibility index (Phi) is 4.85. The van der Waals surface area contributed by atoms with Crippen LogP contribution in [0.2, 0.25) is 0 Å². The van der Waals surface area contributed by atoms with E-state index in [0.717, 1.165) is 11.1 Å². The Bertz CT molecular complexity index is 907. The van der Waals surface area contributed by atoms with Crippen LogP contribution in [0.25, 0.3) is 11.1 Å². The van der Waals surface area contributed by atoms with Crippen molar-refractivity contribution in [3.05, 3.63) is 94.0 Å². The number of hydrogen-bond acceptors (Lipinski definition) is 4. The molecule has 124 valence electrons. The molecule has 0 bridgehead atoms. The highest BCUT2D eigenvalue weighted by molar-refractivity contribution is 5.85. The maximum atomic E-state index is 11.2. The Morgan fingerprint density at radius 2 is 1.68 bits per heavy atom. The molecule has 0 heterocycles. The molecule has 0 fully saturated rings. The Morgan fingerprint density at radius 3 is 2.40 bits per heavy atom. The first-order valence-corrected chi connectivity index (χ1v) is 7.69. The number of rotatable bonds is 6. The van der Waals surface area contributed by atoms with Crippen molar-refractivity contribution in [1.82, 2.24) is 0 Å². The summed E-state index contributed by atoms with van der Waals surface area (Å²) in [4.78, 5) is 21.6. The molecule has 0 aliphatic rings. The molecule has 25 heavy (non-hydrogen) atoms. The van der Waals surface area contributed by atoms with E-state index in [0.29, 0.717) is 24.2 Å². The van der Waals surface area contributed by atoms with Gasteiger partial charge in [0.25, 0.3) is 5.69 Å². The Morgan fingerprint density at radius 1 is 0.960 bits per heavy atom. The lowest BCUT2D eigenvalue weighted by atomic mass is 10.0. The minimum atomic E-state index is -0.564. The molecule has 0 N–H and O–H groups in total. The summed E-state index contributed by atoms with van der Waals surface area (Å²) in [6, 6.07) is 21.6. The van der Waals surface area contributed by atoms with Crippen LogP contribution in [0, 0.1) is 10.1 Å². The lowest BCUT2D eigenvalue weighted by Gasteiger charge is -2.12. The molecule has 0 saturated heterocycles. The zero-order valence-corrected chi connectivity index (χ0v) is 13.3. The van der Waals surface area contributed by atoms with Gasteiger partial charge in [-0.3, -0.25) is 14.9 Å². The van der Waals surface area contributed by atoms with E-state index < -0.39 is 4.92 Å². The summed E-state index contributed by atoms with van der Waals surface area (Å²) in [5, 5.41) is 11.0. The van der Waals surface area contributed by atoms with Gasteiger partial charge < -0.3 is 4.74 Å². The van der Waals surface area contributed by atoms with E-state index >= 15 is 0 Å². The van der Waals surface area contributed by atoms with Crippen molar-refractivity contribution in [3.8, 4) is 16.9 Å². The van der Waals surface area contributed by atoms with Crippen LogP contribution in [0.3, 0.4) is 0 Å². The van der Waals surface area contributed by atoms with Crippen LogP contribution in [0.5, 0.6) is 5.75 Å². The number of ether oxygens (including phenoxy) is 1. The fourth-order valence-corrected chi connectivity index (χ4v) is 2.55. The molecule has 0 aromatic heterocycles. The highest BCUT2D eigenvalue weighted by atomic mass is 16.6. The smallest absolute Gasteiger partial charge is 0.279 e. The third kappa shape index (κ3) is 3.72. The molecule has 0 unspecified atom stereocenters. The van der Waals surface area contributed by atoms with Crippen LogP contribution < -0.4 is 4.74 Å². The molecule has 0 aliphatic heterocycles. The van der Waals surface area contributed by atoms with Crippen LogP contribution in [0.4, 0.5) is 5.69 Å². The van der Waals surface area contributed by atoms with Gasteiger partial charge in [0, 0.05) is 11.6 Å². The van der Waals surface area contributed by atoms with Crippen molar-refractivity contribution in [2.24, 2.45) is 0 Å². The molecule has 3 aromatic carbocycles. The van der Waals surface area contributed by atoms with Gasteiger partial charge in [0.2, 0.25) is 0 Å². The van der Waals surface area contributed by atoms with Crippen molar-refractivity contribution >= 4 is 12.0 Å². The maximum Gasteiger partial charge on any atom is 0.279 e. The number of hydrogen-bond donors (Lipinski definition) is 0. The van der Waals surface area contributed by atoms with Gasteiger partial charge in [-0.1, -0.05) is 48.5 Å². The molecule has 5 nitrogen and oxygen atoms in total. The summed E-state index contributed by atoms with van der Waals surface area (Å²) in [6.45, 7) is 0.408. The molecule has 0 spiro atoms. The maximum absolute atomic E-state index is 11.2. The van der Waals surface area contributed by atoms with Crippen molar-refractivity contribution in [1.29, 1.82) is 0 Å². The molecule has 3 aromatic rings. The van der Waals surface area contributed by atoms with Crippen LogP contribution in [-0.2, 0) is 6.61 Å². The molecule has 0 radical (unpaired) electrons. The number of carbonyl (C=O) groups is 1. The Balaban J connectivity index is 1.93. The first kappa shape index (κ1) is 16.4. The Hall–Kier alpha value is -3.47. The van der Waals surface area contributed by atoms with Gasteiger partial charge in [0.05, 0.1) is 10.5 Å². The number of carbonyl (C=O) groups excluding carboxylic acids is 1. The van der Waals surface area contributed by atoms with E-state index in [2.05, 4.69) is 0 Å². The highest BCUT2D eigenvalue weighted by Crippen LogP contribution is 2.32. The SMILES string of the molecule is O=Cc1cc(-c2ccccc2OCc2ccccc2)ccc1[N+](=O)[O-]. The van der Waals surface area contributed by atoms with E-state index in [-0.39, 0.29) is 11.3 Å². The van der Waals surface area contributed by atoms with Gasteiger partial charge in [-0.2, -0.15) is 0 Å². The average Bonchev–Trinajstić information content (AvgIpc) is 2.66. The topological polar surface area (TPSA) is 69.4 Å². The average molecular weight is 333 g/mol. The van der Waals surface area contributed by atoms with Crippen LogP contribution in [0.15, 0.2) is 72.8 Å². The number of aldehydes is 1. The van der Waals surface area contributed by atoms with Crippen LogP contribution in [0.1, 0.15) is 15.9 Å². The van der Waals surface area contributed by atoms with E-state index in [1.807, 2.05) is 54.6 Å². The lowest BCUT2D eigenvalue weighted by Crippen LogP contribution is -1.98. The van der Waals surface area contributed by atoms with E-state index in [4.69, 9.17) is 4.74 Å². The summed E-state index contributed by atoms with van der Waals surface area (Å²) in [7, 11) is 0. The molecule has 0 amide bonds. The number of nitro benzene ring substituents is 1. The predicted octanol–water partition coefficient (Wildman–Crippen LogP) is 4.65. The van der Waals surface area contributed by atoms with Gasteiger partial charge in [-0.05, 0) is 29.3 Å². The normalized spacial score (nSPS) is 10.2. The quantitative estimate of drug-likeness (QED) is 0.374. The largest absolute Gasteiger partial charge is 0.488 e. The molecule has 0 aliphatic carbocycles. The molecular formula is C20H15NO4. The van der Waals surface area contributed by atoms with Crippen molar-refractivity contribution in [3.63, 3.8) is 0 Å². The summed E-state index contributed by atoms with van der Waals surface area (Å²) in [5.74, 6) is 0.650. The van der Waals surface area contributed by atoms with E-state index in [1.165, 1.54) is 12.1 Å². The van der Waals surface area contributed by atoms with Gasteiger partial charge in [0.15, 0.2) is 6.29 Å². The third-order valence-corrected chi connectivity index (χ3v) is 3.79. The van der Waals surface area contributed by atoms with Crippen LogP contribution >= 0.6 is 0 Å². The zero-order chi connectivity index (χ0) is 17.6. The first-order chi connectivity index (χ1) is 12.2. The summed E-state index contributed by atoms with van der Waals surface area (Å²) < 4.78 is 5.91. The molecule has 5 heteroatoms. The summed E-state index contributed by atoms with van der Waals surface area (Å²) in [5.41, 5.74) is 2.34. The number of para-hydroxylation sites is 1. The van der Waals surface area contributed by atoms with E-state index in [1.54, 1.807) is 6.07 Å². The van der Waals surface area contributed by atoms with Crippen molar-refractivity contribution < 1.29 is 14.5 Å². The first-order valence-electron chi connectivity index (χ1n) is 7.69. The van der Waals surface area contributed by atoms with Gasteiger partial charge in [0.1, 0.15) is 12.4 Å². The standard InChI is InChI=1S/C20H15NO4/c22-13-17-12-16(10-11-19(17)21(23)24)18-8-4-5-9-20(18)25-14-15-6-2-1-3-7-15/h1-13H,14H2. The van der Waals surface area contributed by atoms with Gasteiger partial charge in [-0.25, -0.2) is 0 Å². The van der Waals surface area contributed by atoms with Crippen molar-refractivity contribution in [2.75, 3.05) is 0 Å². The Labute approximate surface area is 144 Å². The molecule has 0 atom stereocenters. The molecular weight excluding hydrogens is 318 g/mol. The third-order valence-electron chi connectivity index (χ3n) is 3.79. The minimum absolute atomic E-state index is 0.0420. The fourth-order valence-electron chi connectivity index (χ4n) is 2.55. The summed E-state index contributed by atoms with van der Waals surface area (Å²) >= 11 is 0. The second-order valence-corrected chi connectivity index (χ2v) is 5.42. The molecule has 3 rings (SSSR count). The fraction of sp³-hybridized carbons (Fsp3) is 0.0500. The van der Waals surface area contributed by atoms with Gasteiger partial charge in [-0.15, -0.1) is 0 Å². The second kappa shape index (κ2) is 7.40. The second-order valence-electron chi connectivity index (χ2n) is 5.42. The summed E-state index contributed by atoms with van der Waals surface area (Å²) in [6.07, 6.45) is 0.495. The highest BCUT2D eigenvalue weighted by Gasteiger charge is 2.15. The van der Waals surface area contributed by atoms with Gasteiger partial charge >= 0.3 is 0 Å².